The van der Waals surface area contributed by atoms with Crippen molar-refractivity contribution in [1.29, 1.82) is 0 Å². The highest BCUT2D eigenvalue weighted by atomic mass is 16.3. The van der Waals surface area contributed by atoms with Crippen LogP contribution in [0.4, 0.5) is 17.1 Å². The summed E-state index contributed by atoms with van der Waals surface area (Å²) in [6.07, 6.45) is 0. The van der Waals surface area contributed by atoms with Gasteiger partial charge in [-0.25, -0.2) is 0 Å². The molecular formula is C46H31NO. The number of benzene rings is 8. The maximum atomic E-state index is 6.59. The minimum absolute atomic E-state index is 0.895. The van der Waals surface area contributed by atoms with Crippen molar-refractivity contribution in [2.75, 3.05) is 4.90 Å². The number of anilines is 3. The largest absolute Gasteiger partial charge is 0.455 e. The van der Waals surface area contributed by atoms with Crippen LogP contribution in [0.3, 0.4) is 0 Å². The van der Waals surface area contributed by atoms with Crippen molar-refractivity contribution in [3.63, 3.8) is 0 Å². The van der Waals surface area contributed by atoms with Crippen LogP contribution < -0.4 is 4.90 Å². The zero-order valence-electron chi connectivity index (χ0n) is 26.3. The van der Waals surface area contributed by atoms with Crippen LogP contribution in [-0.2, 0) is 0 Å². The van der Waals surface area contributed by atoms with E-state index in [2.05, 4.69) is 187 Å². The van der Waals surface area contributed by atoms with Gasteiger partial charge in [0.2, 0.25) is 0 Å². The number of fused-ring (bicyclic) bond motifs is 5. The first-order valence-electron chi connectivity index (χ1n) is 16.3. The van der Waals surface area contributed by atoms with E-state index in [0.717, 1.165) is 50.1 Å². The fourth-order valence-electron chi connectivity index (χ4n) is 6.90. The molecule has 2 nitrogen and oxygen atoms in total. The summed E-state index contributed by atoms with van der Waals surface area (Å²) in [7, 11) is 0. The number of furan rings is 1. The highest BCUT2D eigenvalue weighted by Gasteiger charge is 2.17. The summed E-state index contributed by atoms with van der Waals surface area (Å²) >= 11 is 0. The van der Waals surface area contributed by atoms with E-state index < -0.39 is 0 Å². The monoisotopic (exact) mass is 613 g/mol. The van der Waals surface area contributed by atoms with Crippen molar-refractivity contribution >= 4 is 49.8 Å². The molecule has 0 saturated heterocycles. The van der Waals surface area contributed by atoms with Crippen molar-refractivity contribution < 1.29 is 4.42 Å². The molecule has 0 saturated carbocycles. The van der Waals surface area contributed by atoms with E-state index in [0.29, 0.717) is 0 Å². The molecule has 48 heavy (non-hydrogen) atoms. The predicted octanol–water partition coefficient (Wildman–Crippen LogP) is 13.2. The van der Waals surface area contributed by atoms with Crippen molar-refractivity contribution in [1.82, 2.24) is 0 Å². The summed E-state index contributed by atoms with van der Waals surface area (Å²) in [5.74, 6) is 0. The van der Waals surface area contributed by atoms with Gasteiger partial charge in [0.15, 0.2) is 0 Å². The molecule has 0 amide bonds. The number of para-hydroxylation sites is 2. The molecule has 0 radical (unpaired) electrons. The lowest BCUT2D eigenvalue weighted by Crippen LogP contribution is -2.09. The van der Waals surface area contributed by atoms with Gasteiger partial charge in [-0.1, -0.05) is 146 Å². The van der Waals surface area contributed by atoms with Crippen LogP contribution in [0.5, 0.6) is 0 Å². The average molecular weight is 614 g/mol. The number of nitrogens with zero attached hydrogens (tertiary/aromatic N) is 1. The zero-order valence-corrected chi connectivity index (χ0v) is 26.3. The first kappa shape index (κ1) is 27.9. The summed E-state index contributed by atoms with van der Waals surface area (Å²) in [5.41, 5.74) is 12.2. The maximum absolute atomic E-state index is 6.59. The van der Waals surface area contributed by atoms with Crippen LogP contribution in [-0.4, -0.2) is 0 Å². The first-order chi connectivity index (χ1) is 23.8. The molecule has 0 unspecified atom stereocenters. The molecule has 9 rings (SSSR count). The Kier molecular flexibility index (Phi) is 6.84. The third-order valence-electron chi connectivity index (χ3n) is 9.27. The number of rotatable bonds is 6. The first-order valence-corrected chi connectivity index (χ1v) is 16.3. The van der Waals surface area contributed by atoms with Gasteiger partial charge in [0, 0.05) is 33.4 Å². The summed E-state index contributed by atoms with van der Waals surface area (Å²) in [6.45, 7) is 0. The topological polar surface area (TPSA) is 16.4 Å². The fraction of sp³-hybridized carbons (Fsp3) is 0. The quantitative estimate of drug-likeness (QED) is 0.185. The molecular weight excluding hydrogens is 583 g/mol. The molecule has 0 bridgehead atoms. The van der Waals surface area contributed by atoms with Gasteiger partial charge in [-0.3, -0.25) is 0 Å². The standard InChI is InChI=1S/C46H31NO/c1-4-11-32(12-5-1)33-19-21-34(22-20-33)35-23-27-39(28-24-35)47(38-15-8-3-9-16-38)40-29-25-37-26-30-44-45(43(37)31-40)42-18-10-17-41(46(42)48-44)36-13-6-2-7-14-36/h1-31H. The minimum Gasteiger partial charge on any atom is -0.455 e. The van der Waals surface area contributed by atoms with E-state index in [4.69, 9.17) is 4.42 Å². The zero-order chi connectivity index (χ0) is 31.9. The Morgan fingerprint density at radius 2 is 0.875 bits per heavy atom. The number of hydrogen-bond acceptors (Lipinski definition) is 2. The lowest BCUT2D eigenvalue weighted by molar-refractivity contribution is 0.670. The smallest absolute Gasteiger partial charge is 0.143 e. The molecule has 0 spiro atoms. The van der Waals surface area contributed by atoms with Crippen LogP contribution in [0, 0.1) is 0 Å². The van der Waals surface area contributed by atoms with Crippen molar-refractivity contribution in [2.45, 2.75) is 0 Å². The summed E-state index contributed by atoms with van der Waals surface area (Å²) in [5, 5.41) is 4.62. The molecule has 0 aliphatic carbocycles. The van der Waals surface area contributed by atoms with Crippen LogP contribution in [0.25, 0.3) is 66.1 Å². The molecule has 0 aliphatic heterocycles. The normalized spacial score (nSPS) is 11.3. The Labute approximate surface area is 279 Å². The average Bonchev–Trinajstić information content (AvgIpc) is 3.56. The van der Waals surface area contributed by atoms with E-state index >= 15 is 0 Å². The molecule has 9 aromatic rings. The van der Waals surface area contributed by atoms with Gasteiger partial charge in [-0.2, -0.15) is 0 Å². The molecule has 0 fully saturated rings. The maximum Gasteiger partial charge on any atom is 0.143 e. The van der Waals surface area contributed by atoms with Crippen molar-refractivity contribution in [2.24, 2.45) is 0 Å². The summed E-state index contributed by atoms with van der Waals surface area (Å²) in [4.78, 5) is 2.33. The minimum atomic E-state index is 0.895. The Balaban J connectivity index is 1.14. The van der Waals surface area contributed by atoms with E-state index in [1.165, 1.54) is 33.0 Å². The van der Waals surface area contributed by atoms with Crippen LogP contribution >= 0.6 is 0 Å². The van der Waals surface area contributed by atoms with Crippen molar-refractivity contribution in [3.05, 3.63) is 188 Å². The van der Waals surface area contributed by atoms with Gasteiger partial charge in [0.1, 0.15) is 11.2 Å². The lowest BCUT2D eigenvalue weighted by atomic mass is 9.99. The Morgan fingerprint density at radius 3 is 1.54 bits per heavy atom. The molecule has 0 N–H and O–H groups in total. The van der Waals surface area contributed by atoms with Gasteiger partial charge in [0.25, 0.3) is 0 Å². The van der Waals surface area contributed by atoms with Crippen LogP contribution in [0.15, 0.2) is 192 Å². The highest BCUT2D eigenvalue weighted by Crippen LogP contribution is 2.42. The van der Waals surface area contributed by atoms with Gasteiger partial charge >= 0.3 is 0 Å². The van der Waals surface area contributed by atoms with Gasteiger partial charge in [-0.15, -0.1) is 0 Å². The lowest BCUT2D eigenvalue weighted by Gasteiger charge is -2.26. The van der Waals surface area contributed by atoms with E-state index in [-0.39, 0.29) is 0 Å². The second-order valence-corrected chi connectivity index (χ2v) is 12.2. The molecule has 0 aliphatic rings. The van der Waals surface area contributed by atoms with Crippen LogP contribution in [0.1, 0.15) is 0 Å². The molecule has 1 aromatic heterocycles. The number of hydrogen-bond donors (Lipinski definition) is 0. The molecule has 1 heterocycles. The van der Waals surface area contributed by atoms with E-state index in [9.17, 15) is 0 Å². The highest BCUT2D eigenvalue weighted by molar-refractivity contribution is 6.21. The van der Waals surface area contributed by atoms with E-state index in [1.54, 1.807) is 0 Å². The molecule has 8 aromatic carbocycles. The Hall–Kier alpha value is -6.38. The molecule has 0 atom stereocenters. The van der Waals surface area contributed by atoms with Crippen molar-refractivity contribution in [3.8, 4) is 33.4 Å². The fourth-order valence-corrected chi connectivity index (χ4v) is 6.90. The second kappa shape index (κ2) is 11.8. The third kappa shape index (κ3) is 4.92. The molecule has 226 valence electrons. The summed E-state index contributed by atoms with van der Waals surface area (Å²) in [6, 6.07) is 66.8. The van der Waals surface area contributed by atoms with Gasteiger partial charge < -0.3 is 9.32 Å². The Morgan fingerprint density at radius 1 is 0.354 bits per heavy atom. The van der Waals surface area contributed by atoms with Gasteiger partial charge in [-0.05, 0) is 81.1 Å². The predicted molar refractivity (Wildman–Crippen MR) is 202 cm³/mol. The molecule has 2 heteroatoms. The van der Waals surface area contributed by atoms with Crippen LogP contribution in [0.2, 0.25) is 0 Å². The Bertz CT molecular complexity index is 2520. The summed E-state index contributed by atoms with van der Waals surface area (Å²) < 4.78 is 6.59. The van der Waals surface area contributed by atoms with E-state index in [1.807, 2.05) is 6.07 Å². The second-order valence-electron chi connectivity index (χ2n) is 12.2. The third-order valence-corrected chi connectivity index (χ3v) is 9.27. The SMILES string of the molecule is c1ccc(-c2ccc(-c3ccc(N(c4ccccc4)c4ccc5ccc6oc7c(-c8ccccc8)cccc7c6c5c4)cc3)cc2)cc1. The van der Waals surface area contributed by atoms with Gasteiger partial charge in [0.05, 0.1) is 0 Å².